The van der Waals surface area contributed by atoms with E-state index in [0.29, 0.717) is 34.9 Å². The van der Waals surface area contributed by atoms with Gasteiger partial charge >= 0.3 is 0 Å². The molecule has 1 saturated heterocycles. The minimum atomic E-state index is -1.45. The van der Waals surface area contributed by atoms with Crippen molar-refractivity contribution in [3.63, 3.8) is 0 Å². The number of nitrogens with one attached hydrogen (secondary N) is 2. The summed E-state index contributed by atoms with van der Waals surface area (Å²) < 4.78 is 11.6. The molecule has 2 heterocycles. The smallest absolute Gasteiger partial charge is 0.256 e. The van der Waals surface area contributed by atoms with Crippen LogP contribution in [0.2, 0.25) is 0 Å². The number of nitrogens with zero attached hydrogens (tertiary/aromatic N) is 1. The van der Waals surface area contributed by atoms with Crippen molar-refractivity contribution in [3.05, 3.63) is 99.1 Å². The molecule has 0 saturated carbocycles. The summed E-state index contributed by atoms with van der Waals surface area (Å²) >= 11 is 0. The van der Waals surface area contributed by atoms with Crippen molar-refractivity contribution in [2.24, 2.45) is 0 Å². The average Bonchev–Trinajstić information content (AvgIpc) is 3.32. The molecule has 8 heteroatoms. The number of nitro groups is 1. The molecule has 0 radical (unpaired) electrons. The lowest BCUT2D eigenvalue weighted by molar-refractivity contribution is -0.532. The molecule has 1 fully saturated rings. The topological polar surface area (TPSA) is 103 Å². The van der Waals surface area contributed by atoms with E-state index in [2.05, 4.69) is 10.6 Å². The maximum absolute atomic E-state index is 13.2. The number of fused-ring (bicyclic) bond motifs is 2. The largest absolute Gasteiger partial charge is 0.493 e. The van der Waals surface area contributed by atoms with Crippen molar-refractivity contribution in [2.75, 3.05) is 12.4 Å². The van der Waals surface area contributed by atoms with E-state index in [0.717, 1.165) is 5.56 Å². The van der Waals surface area contributed by atoms with Gasteiger partial charge in [-0.15, -0.1) is 0 Å². The van der Waals surface area contributed by atoms with Gasteiger partial charge in [-0.1, -0.05) is 54.1 Å². The number of para-hydroxylation sites is 1. The summed E-state index contributed by atoms with van der Waals surface area (Å²) in [6.45, 7) is 4.27. The van der Waals surface area contributed by atoms with Gasteiger partial charge in [-0.2, -0.15) is 0 Å². The molecule has 4 atom stereocenters. The Balaban J connectivity index is 1.48. The summed E-state index contributed by atoms with van der Waals surface area (Å²) in [6, 6.07) is 19.0. The number of carbonyl (C=O) groups excluding carboxylic acids is 1. The van der Waals surface area contributed by atoms with Gasteiger partial charge in [0.1, 0.15) is 6.61 Å². The van der Waals surface area contributed by atoms with Crippen LogP contribution in [0.25, 0.3) is 0 Å². The highest BCUT2D eigenvalue weighted by Crippen LogP contribution is 2.50. The number of anilines is 1. The Morgan fingerprint density at radius 3 is 2.51 bits per heavy atom. The number of hydrogen-bond donors (Lipinski definition) is 2. The van der Waals surface area contributed by atoms with Crippen LogP contribution in [0.3, 0.4) is 0 Å². The van der Waals surface area contributed by atoms with Crippen LogP contribution >= 0.6 is 0 Å². The van der Waals surface area contributed by atoms with Crippen LogP contribution in [0.4, 0.5) is 5.69 Å². The molecule has 35 heavy (non-hydrogen) atoms. The van der Waals surface area contributed by atoms with E-state index in [1.54, 1.807) is 43.5 Å². The molecular weight excluding hydrogens is 446 g/mol. The van der Waals surface area contributed by atoms with Crippen LogP contribution in [-0.2, 0) is 16.9 Å². The lowest BCUT2D eigenvalue weighted by atomic mass is 9.78. The molecule has 0 unspecified atom stereocenters. The zero-order valence-electron chi connectivity index (χ0n) is 19.8. The van der Waals surface area contributed by atoms with Crippen LogP contribution < -0.4 is 20.1 Å². The Labute approximate surface area is 203 Å². The molecule has 2 aliphatic rings. The molecular formula is C27H27N3O5. The van der Waals surface area contributed by atoms with Gasteiger partial charge in [0.25, 0.3) is 11.9 Å². The predicted molar refractivity (Wildman–Crippen MR) is 131 cm³/mol. The number of carbonyl (C=O) groups is 1. The van der Waals surface area contributed by atoms with Gasteiger partial charge in [0.15, 0.2) is 17.0 Å². The third kappa shape index (κ3) is 3.70. The summed E-state index contributed by atoms with van der Waals surface area (Å²) in [4.78, 5) is 25.3. The molecule has 3 aromatic carbocycles. The van der Waals surface area contributed by atoms with Crippen molar-refractivity contribution >= 4 is 11.6 Å². The van der Waals surface area contributed by atoms with Crippen molar-refractivity contribution in [3.8, 4) is 11.5 Å². The van der Waals surface area contributed by atoms with Gasteiger partial charge in [0, 0.05) is 22.2 Å². The maximum atomic E-state index is 13.2. The lowest BCUT2D eigenvalue weighted by Gasteiger charge is -2.25. The van der Waals surface area contributed by atoms with Crippen molar-refractivity contribution in [1.82, 2.24) is 5.32 Å². The lowest BCUT2D eigenvalue weighted by Crippen LogP contribution is -2.54. The minimum Gasteiger partial charge on any atom is -0.493 e. The summed E-state index contributed by atoms with van der Waals surface area (Å²) in [5.74, 6) is 0.0645. The van der Waals surface area contributed by atoms with E-state index in [1.807, 2.05) is 44.2 Å². The second-order valence-electron chi connectivity index (χ2n) is 9.18. The van der Waals surface area contributed by atoms with E-state index >= 15 is 0 Å². The van der Waals surface area contributed by atoms with Gasteiger partial charge in [-0.05, 0) is 43.2 Å². The first-order chi connectivity index (χ1) is 16.8. The predicted octanol–water partition coefficient (Wildman–Crippen LogP) is 4.15. The quantitative estimate of drug-likeness (QED) is 0.412. The number of methoxy groups -OCH3 is 1. The van der Waals surface area contributed by atoms with Crippen molar-refractivity contribution in [2.45, 2.75) is 44.0 Å². The minimum absolute atomic E-state index is 0.336. The molecule has 2 N–H and O–H groups in total. The monoisotopic (exact) mass is 473 g/mol. The van der Waals surface area contributed by atoms with E-state index in [1.165, 1.54) is 5.56 Å². The second kappa shape index (κ2) is 8.70. The highest BCUT2D eigenvalue weighted by atomic mass is 16.6. The fourth-order valence-corrected chi connectivity index (χ4v) is 5.41. The summed E-state index contributed by atoms with van der Waals surface area (Å²) in [5, 5.41) is 18.6. The molecule has 0 aliphatic carbocycles. The summed E-state index contributed by atoms with van der Waals surface area (Å²) in [5.41, 5.74) is 2.66. The molecule has 0 bridgehead atoms. The number of rotatable bonds is 6. The fourth-order valence-electron chi connectivity index (χ4n) is 5.41. The Bertz CT molecular complexity index is 1290. The zero-order chi connectivity index (χ0) is 24.7. The van der Waals surface area contributed by atoms with Crippen LogP contribution in [-0.4, -0.2) is 30.0 Å². The van der Waals surface area contributed by atoms with Gasteiger partial charge in [0.2, 0.25) is 0 Å². The van der Waals surface area contributed by atoms with Crippen LogP contribution in [0.5, 0.6) is 11.5 Å². The Morgan fingerprint density at radius 1 is 1.06 bits per heavy atom. The number of benzene rings is 3. The van der Waals surface area contributed by atoms with Gasteiger partial charge in [0.05, 0.1) is 13.0 Å². The van der Waals surface area contributed by atoms with Crippen molar-refractivity contribution < 1.29 is 19.2 Å². The number of hydrogen-bond acceptors (Lipinski definition) is 6. The Hall–Kier alpha value is -3.91. The first-order valence-electron chi connectivity index (χ1n) is 11.5. The standard InChI is InChI=1S/C27H27N3O5/c1-16-8-10-18(11-9-16)15-35-22-13-12-19(14-23(22)34-3)24-17(2)29-27(25(24)30(32)33)20-6-4-5-7-21(20)28-26(27)31/h4-14,17,24-25,29H,15H2,1-3H3,(H,28,31)/t17-,24-,25-,27-/m0/s1. The van der Waals surface area contributed by atoms with Crippen LogP contribution in [0.1, 0.15) is 35.1 Å². The van der Waals surface area contributed by atoms with E-state index < -0.39 is 23.4 Å². The molecule has 180 valence electrons. The number of amides is 1. The second-order valence-corrected chi connectivity index (χ2v) is 9.18. The Morgan fingerprint density at radius 2 is 1.80 bits per heavy atom. The fraction of sp³-hybridized carbons (Fsp3) is 0.296. The zero-order valence-corrected chi connectivity index (χ0v) is 19.8. The maximum Gasteiger partial charge on any atom is 0.256 e. The molecule has 5 rings (SSSR count). The molecule has 3 aromatic rings. The molecule has 0 aromatic heterocycles. The third-order valence-electron chi connectivity index (χ3n) is 7.05. The molecule has 1 amide bonds. The third-order valence-corrected chi connectivity index (χ3v) is 7.05. The van der Waals surface area contributed by atoms with E-state index in [-0.39, 0.29) is 11.0 Å². The first kappa shape index (κ1) is 22.9. The van der Waals surface area contributed by atoms with Crippen molar-refractivity contribution in [1.29, 1.82) is 0 Å². The highest BCUT2D eigenvalue weighted by molar-refractivity contribution is 6.07. The van der Waals surface area contributed by atoms with E-state index in [4.69, 9.17) is 9.47 Å². The van der Waals surface area contributed by atoms with Crippen LogP contribution in [0.15, 0.2) is 66.7 Å². The normalized spacial score (nSPS) is 24.8. The molecule has 1 spiro atoms. The SMILES string of the molecule is COc1cc([C@@H]2[C@H](C)N[C@]3(C(=O)Nc4ccccc43)[C@H]2[N+](=O)[O-])ccc1OCc1ccc(C)cc1. The van der Waals surface area contributed by atoms with Gasteiger partial charge in [-0.25, -0.2) is 0 Å². The summed E-state index contributed by atoms with van der Waals surface area (Å²) in [6.07, 6.45) is 0. The molecule has 2 aliphatic heterocycles. The highest BCUT2D eigenvalue weighted by Gasteiger charge is 2.67. The van der Waals surface area contributed by atoms with Gasteiger partial charge in [-0.3, -0.25) is 20.2 Å². The van der Waals surface area contributed by atoms with Gasteiger partial charge < -0.3 is 14.8 Å². The average molecular weight is 474 g/mol. The molecule has 8 nitrogen and oxygen atoms in total. The number of ether oxygens (including phenoxy) is 2. The summed E-state index contributed by atoms with van der Waals surface area (Å²) in [7, 11) is 1.54. The van der Waals surface area contributed by atoms with E-state index in [9.17, 15) is 14.9 Å². The Kier molecular flexibility index (Phi) is 5.68. The van der Waals surface area contributed by atoms with Crippen LogP contribution in [0, 0.1) is 17.0 Å². The first-order valence-corrected chi connectivity index (χ1v) is 11.5. The number of aryl methyl sites for hydroxylation is 1.